The number of nitrogens with two attached hydrogens (primary N) is 1. The molecule has 0 heterocycles. The topological polar surface area (TPSA) is 52.3 Å². The summed E-state index contributed by atoms with van der Waals surface area (Å²) in [5, 5.41) is 0. The lowest BCUT2D eigenvalue weighted by Gasteiger charge is -2.12. The number of methoxy groups -OCH3 is 1. The molecule has 0 radical (unpaired) electrons. The number of primary amides is 1. The number of alkyl halides is 3. The van der Waals surface area contributed by atoms with Gasteiger partial charge in [-0.05, 0) is 23.8 Å². The molecule has 0 fully saturated rings. The summed E-state index contributed by atoms with van der Waals surface area (Å²) in [7, 11) is 1.16. The zero-order valence-corrected chi connectivity index (χ0v) is 8.91. The first-order valence-corrected chi connectivity index (χ1v) is 4.57. The van der Waals surface area contributed by atoms with E-state index < -0.39 is 17.6 Å². The minimum absolute atomic E-state index is 0.219. The fourth-order valence-corrected chi connectivity index (χ4v) is 1.23. The first-order valence-electron chi connectivity index (χ1n) is 4.57. The predicted molar refractivity (Wildman–Crippen MR) is 56.2 cm³/mol. The lowest BCUT2D eigenvalue weighted by molar-refractivity contribution is -0.138. The van der Waals surface area contributed by atoms with Gasteiger partial charge in [-0.3, -0.25) is 4.79 Å². The molecule has 0 bridgehead atoms. The Morgan fingerprint density at radius 1 is 1.41 bits per heavy atom. The summed E-state index contributed by atoms with van der Waals surface area (Å²) in [6, 6.07) is 3.47. The van der Waals surface area contributed by atoms with E-state index >= 15 is 0 Å². The summed E-state index contributed by atoms with van der Waals surface area (Å²) >= 11 is 0. The second kappa shape index (κ2) is 4.90. The molecule has 0 aliphatic heterocycles. The standard InChI is InChI=1S/C11H10F3NO2/c1-17-9-4-2-7(3-5-10(15)16)6-8(9)11(12,13)14/h2-6H,1H3,(H2,15,16)/b5-3-. The Bertz CT molecular complexity index is 453. The molecule has 1 rings (SSSR count). The van der Waals surface area contributed by atoms with Gasteiger partial charge in [0, 0.05) is 6.08 Å². The van der Waals surface area contributed by atoms with Gasteiger partial charge in [-0.1, -0.05) is 6.07 Å². The van der Waals surface area contributed by atoms with E-state index in [1.54, 1.807) is 0 Å². The van der Waals surface area contributed by atoms with Crippen molar-refractivity contribution < 1.29 is 22.7 Å². The number of carbonyl (C=O) groups excluding carboxylic acids is 1. The Morgan fingerprint density at radius 2 is 2.06 bits per heavy atom. The van der Waals surface area contributed by atoms with Crippen LogP contribution in [0.3, 0.4) is 0 Å². The number of hydrogen-bond donors (Lipinski definition) is 1. The average Bonchev–Trinajstić information content (AvgIpc) is 2.24. The molecule has 92 valence electrons. The lowest BCUT2D eigenvalue weighted by atomic mass is 10.1. The minimum atomic E-state index is -4.51. The van der Waals surface area contributed by atoms with E-state index in [1.807, 2.05) is 0 Å². The normalized spacial score (nSPS) is 11.8. The van der Waals surface area contributed by atoms with Gasteiger partial charge in [0.15, 0.2) is 0 Å². The van der Waals surface area contributed by atoms with Crippen LogP contribution in [0.25, 0.3) is 6.08 Å². The van der Waals surface area contributed by atoms with Crippen LogP contribution < -0.4 is 10.5 Å². The smallest absolute Gasteiger partial charge is 0.419 e. The van der Waals surface area contributed by atoms with Crippen LogP contribution in [0, 0.1) is 0 Å². The Kier molecular flexibility index (Phi) is 3.77. The first-order chi connectivity index (χ1) is 7.84. The van der Waals surface area contributed by atoms with Crippen LogP contribution in [0.2, 0.25) is 0 Å². The summed E-state index contributed by atoms with van der Waals surface area (Å²) in [5.41, 5.74) is 4.17. The van der Waals surface area contributed by atoms with Crippen molar-refractivity contribution in [3.05, 3.63) is 35.4 Å². The third-order valence-electron chi connectivity index (χ3n) is 1.97. The van der Waals surface area contributed by atoms with E-state index in [1.165, 1.54) is 18.2 Å². The van der Waals surface area contributed by atoms with Crippen LogP contribution in [0.15, 0.2) is 24.3 Å². The Balaban J connectivity index is 3.18. The zero-order chi connectivity index (χ0) is 13.1. The van der Waals surface area contributed by atoms with Crippen LogP contribution in [0.4, 0.5) is 13.2 Å². The molecule has 0 spiro atoms. The monoisotopic (exact) mass is 245 g/mol. The molecule has 0 aliphatic rings. The van der Waals surface area contributed by atoms with Gasteiger partial charge in [0.05, 0.1) is 12.7 Å². The highest BCUT2D eigenvalue weighted by Gasteiger charge is 2.34. The van der Waals surface area contributed by atoms with E-state index in [9.17, 15) is 18.0 Å². The Labute approximate surface area is 95.7 Å². The molecule has 1 aromatic rings. The number of ether oxygens (including phenoxy) is 1. The number of rotatable bonds is 3. The molecular formula is C11H10F3NO2. The number of halogens is 3. The highest BCUT2D eigenvalue weighted by atomic mass is 19.4. The maximum absolute atomic E-state index is 12.6. The van der Waals surface area contributed by atoms with Crippen molar-refractivity contribution in [1.29, 1.82) is 0 Å². The summed E-state index contributed by atoms with van der Waals surface area (Å²) in [6.45, 7) is 0. The number of carbonyl (C=O) groups is 1. The van der Waals surface area contributed by atoms with Crippen molar-refractivity contribution >= 4 is 12.0 Å². The number of benzene rings is 1. The Morgan fingerprint density at radius 3 is 2.53 bits per heavy atom. The number of amides is 1. The second-order valence-electron chi connectivity index (χ2n) is 3.19. The first kappa shape index (κ1) is 13.1. The van der Waals surface area contributed by atoms with Gasteiger partial charge in [0.2, 0.25) is 5.91 Å². The highest BCUT2D eigenvalue weighted by Crippen LogP contribution is 2.36. The second-order valence-corrected chi connectivity index (χ2v) is 3.19. The largest absolute Gasteiger partial charge is 0.496 e. The molecule has 1 amide bonds. The SMILES string of the molecule is COc1ccc(/C=C\C(N)=O)cc1C(F)(F)F. The molecular weight excluding hydrogens is 235 g/mol. The third kappa shape index (κ3) is 3.51. The minimum Gasteiger partial charge on any atom is -0.496 e. The van der Waals surface area contributed by atoms with Gasteiger partial charge in [-0.25, -0.2) is 0 Å². The van der Waals surface area contributed by atoms with Gasteiger partial charge in [0.25, 0.3) is 0 Å². The summed E-state index contributed by atoms with van der Waals surface area (Å²) in [4.78, 5) is 10.5. The molecule has 17 heavy (non-hydrogen) atoms. The quantitative estimate of drug-likeness (QED) is 0.830. The molecule has 0 aliphatic carbocycles. The van der Waals surface area contributed by atoms with E-state index in [0.717, 1.165) is 19.3 Å². The van der Waals surface area contributed by atoms with Crippen molar-refractivity contribution in [1.82, 2.24) is 0 Å². The third-order valence-corrected chi connectivity index (χ3v) is 1.97. The molecule has 3 nitrogen and oxygen atoms in total. The zero-order valence-electron chi connectivity index (χ0n) is 8.91. The molecule has 6 heteroatoms. The molecule has 1 aromatic carbocycles. The van der Waals surface area contributed by atoms with Gasteiger partial charge in [-0.2, -0.15) is 13.2 Å². The molecule has 0 unspecified atom stereocenters. The van der Waals surface area contributed by atoms with Crippen molar-refractivity contribution in [3.8, 4) is 5.75 Å². The van der Waals surface area contributed by atoms with Gasteiger partial charge < -0.3 is 10.5 Å². The Hall–Kier alpha value is -1.98. The molecule has 0 aromatic heterocycles. The van der Waals surface area contributed by atoms with Crippen LogP contribution in [-0.2, 0) is 11.0 Å². The van der Waals surface area contributed by atoms with Crippen LogP contribution in [0.5, 0.6) is 5.75 Å². The fraction of sp³-hybridized carbons (Fsp3) is 0.182. The highest BCUT2D eigenvalue weighted by molar-refractivity contribution is 5.90. The fourth-order valence-electron chi connectivity index (χ4n) is 1.23. The summed E-state index contributed by atoms with van der Waals surface area (Å²) < 4.78 is 42.5. The average molecular weight is 245 g/mol. The van der Waals surface area contributed by atoms with Crippen molar-refractivity contribution in [2.24, 2.45) is 5.73 Å². The van der Waals surface area contributed by atoms with Crippen molar-refractivity contribution in [2.45, 2.75) is 6.18 Å². The van der Waals surface area contributed by atoms with Crippen LogP contribution in [-0.4, -0.2) is 13.0 Å². The summed E-state index contributed by atoms with van der Waals surface area (Å²) in [5.74, 6) is -0.997. The van der Waals surface area contributed by atoms with E-state index in [2.05, 4.69) is 4.74 Å². The van der Waals surface area contributed by atoms with Crippen LogP contribution >= 0.6 is 0 Å². The molecule has 0 atom stereocenters. The van der Waals surface area contributed by atoms with Crippen LogP contribution in [0.1, 0.15) is 11.1 Å². The summed E-state index contributed by atoms with van der Waals surface area (Å²) in [6.07, 6.45) is -2.32. The molecule has 0 saturated carbocycles. The van der Waals surface area contributed by atoms with Crippen molar-refractivity contribution in [2.75, 3.05) is 7.11 Å². The van der Waals surface area contributed by atoms with E-state index in [0.29, 0.717) is 0 Å². The molecule has 0 saturated heterocycles. The van der Waals surface area contributed by atoms with Gasteiger partial charge in [0.1, 0.15) is 5.75 Å². The predicted octanol–water partition coefficient (Wildman–Crippen LogP) is 2.21. The molecule has 2 N–H and O–H groups in total. The maximum Gasteiger partial charge on any atom is 0.419 e. The van der Waals surface area contributed by atoms with E-state index in [4.69, 9.17) is 5.73 Å². The lowest BCUT2D eigenvalue weighted by Crippen LogP contribution is -2.08. The van der Waals surface area contributed by atoms with E-state index in [-0.39, 0.29) is 11.3 Å². The number of hydrogen-bond acceptors (Lipinski definition) is 2. The van der Waals surface area contributed by atoms with Crippen molar-refractivity contribution in [3.63, 3.8) is 0 Å². The van der Waals surface area contributed by atoms with Gasteiger partial charge in [-0.15, -0.1) is 0 Å². The van der Waals surface area contributed by atoms with Gasteiger partial charge >= 0.3 is 6.18 Å². The maximum atomic E-state index is 12.6.